The number of methoxy groups -OCH3 is 1. The molecular formula is C13H13N3O6S. The summed E-state index contributed by atoms with van der Waals surface area (Å²) in [6.45, 7) is 1.26. The van der Waals surface area contributed by atoms with Gasteiger partial charge in [0, 0.05) is 0 Å². The van der Waals surface area contributed by atoms with E-state index in [4.69, 9.17) is 0 Å². The van der Waals surface area contributed by atoms with Crippen molar-refractivity contribution in [2.45, 2.75) is 12.2 Å². The summed E-state index contributed by atoms with van der Waals surface area (Å²) in [6, 6.07) is 4.84. The molecule has 0 saturated carbocycles. The first kappa shape index (κ1) is 16.6. The second-order valence-corrected chi connectivity index (χ2v) is 6.38. The van der Waals surface area contributed by atoms with Crippen molar-refractivity contribution in [1.29, 1.82) is 0 Å². The van der Waals surface area contributed by atoms with E-state index in [-0.39, 0.29) is 17.0 Å². The van der Waals surface area contributed by atoms with Crippen LogP contribution in [-0.2, 0) is 19.6 Å². The van der Waals surface area contributed by atoms with E-state index in [0.717, 1.165) is 7.11 Å². The molecule has 2 N–H and O–H groups in total. The molecule has 0 fully saturated rings. The Morgan fingerprint density at radius 1 is 1.30 bits per heavy atom. The number of sulfonamides is 1. The van der Waals surface area contributed by atoms with Crippen LogP contribution in [0.3, 0.4) is 0 Å². The number of imide groups is 1. The molecule has 0 spiro atoms. The van der Waals surface area contributed by atoms with Gasteiger partial charge < -0.3 is 4.74 Å². The maximum Gasteiger partial charge on any atom is 0.347 e. The summed E-state index contributed by atoms with van der Waals surface area (Å²) in [5.74, 6) is -1.75. The molecule has 10 heteroatoms. The molecule has 122 valence electrons. The van der Waals surface area contributed by atoms with Gasteiger partial charge in [0.25, 0.3) is 5.91 Å². The number of urea groups is 1. The molecule has 1 aliphatic heterocycles. The fourth-order valence-electron chi connectivity index (χ4n) is 2.05. The minimum atomic E-state index is -4.28. The van der Waals surface area contributed by atoms with Gasteiger partial charge >= 0.3 is 12.0 Å². The number of ether oxygens (including phenoxy) is 1. The summed E-state index contributed by atoms with van der Waals surface area (Å²) in [7, 11) is -3.12. The highest BCUT2D eigenvalue weighted by atomic mass is 32.2. The van der Waals surface area contributed by atoms with Crippen LogP contribution in [0.15, 0.2) is 29.3 Å². The number of para-hydroxylation sites is 1. The van der Waals surface area contributed by atoms with Crippen LogP contribution in [0.4, 0.5) is 10.5 Å². The zero-order chi connectivity index (χ0) is 17.2. The highest BCUT2D eigenvalue weighted by Gasteiger charge is 2.39. The molecule has 23 heavy (non-hydrogen) atoms. The number of hydrogen-bond donors (Lipinski definition) is 2. The van der Waals surface area contributed by atoms with E-state index in [9.17, 15) is 22.8 Å². The van der Waals surface area contributed by atoms with Crippen molar-refractivity contribution in [3.05, 3.63) is 29.8 Å². The molecule has 1 heterocycles. The number of carbonyl (C=O) groups excluding carboxylic acids is 3. The second-order valence-electron chi connectivity index (χ2n) is 4.61. The van der Waals surface area contributed by atoms with Gasteiger partial charge in [0.2, 0.25) is 10.0 Å². The number of anilines is 1. The maximum atomic E-state index is 12.4. The van der Waals surface area contributed by atoms with Crippen LogP contribution < -0.4 is 10.0 Å². The molecule has 9 nitrogen and oxygen atoms in total. The highest BCUT2D eigenvalue weighted by molar-refractivity contribution is 7.94. The first-order valence-corrected chi connectivity index (χ1v) is 7.90. The van der Waals surface area contributed by atoms with Crippen molar-refractivity contribution in [2.24, 2.45) is 4.99 Å². The van der Waals surface area contributed by atoms with E-state index in [2.05, 4.69) is 14.5 Å². The maximum absolute atomic E-state index is 12.4. The Hall–Kier alpha value is -2.75. The van der Waals surface area contributed by atoms with E-state index in [1.165, 1.54) is 31.2 Å². The van der Waals surface area contributed by atoms with Gasteiger partial charge in [-0.15, -0.1) is 0 Å². The van der Waals surface area contributed by atoms with Crippen molar-refractivity contribution in [2.75, 3.05) is 11.8 Å². The van der Waals surface area contributed by atoms with Crippen molar-refractivity contribution in [3.8, 4) is 0 Å². The second kappa shape index (κ2) is 6.16. The molecule has 1 aromatic rings. The quantitative estimate of drug-likeness (QED) is 0.758. The molecule has 1 aliphatic rings. The third-order valence-electron chi connectivity index (χ3n) is 3.02. The normalized spacial score (nSPS) is 18.0. The molecule has 2 rings (SSSR count). The van der Waals surface area contributed by atoms with Crippen molar-refractivity contribution in [3.63, 3.8) is 0 Å². The third kappa shape index (κ3) is 3.37. The predicted molar refractivity (Wildman–Crippen MR) is 80.8 cm³/mol. The number of esters is 1. The van der Waals surface area contributed by atoms with Crippen LogP contribution in [-0.4, -0.2) is 44.4 Å². The van der Waals surface area contributed by atoms with Crippen LogP contribution >= 0.6 is 0 Å². The van der Waals surface area contributed by atoms with Crippen molar-refractivity contribution in [1.82, 2.24) is 5.32 Å². The lowest BCUT2D eigenvalue weighted by atomic mass is 10.2. The SMILES string of the molecule is COC(=O)c1ccccc1NS(=O)(=O)C1C(=O)NC(=O)N=C1C. The van der Waals surface area contributed by atoms with Gasteiger partial charge in [0.15, 0.2) is 5.25 Å². The number of rotatable bonds is 4. The van der Waals surface area contributed by atoms with Crippen LogP contribution in [0.25, 0.3) is 0 Å². The number of nitrogens with one attached hydrogen (secondary N) is 2. The van der Waals surface area contributed by atoms with Crippen LogP contribution in [0.1, 0.15) is 17.3 Å². The monoisotopic (exact) mass is 339 g/mol. The van der Waals surface area contributed by atoms with E-state index in [1.54, 1.807) is 0 Å². The van der Waals surface area contributed by atoms with Gasteiger partial charge in [-0.05, 0) is 19.1 Å². The molecular weight excluding hydrogens is 326 g/mol. The van der Waals surface area contributed by atoms with Gasteiger partial charge in [0.1, 0.15) is 0 Å². The van der Waals surface area contributed by atoms with Crippen LogP contribution in [0, 0.1) is 0 Å². The van der Waals surface area contributed by atoms with E-state index >= 15 is 0 Å². The highest BCUT2D eigenvalue weighted by Crippen LogP contribution is 2.20. The largest absolute Gasteiger partial charge is 0.465 e. The zero-order valence-corrected chi connectivity index (χ0v) is 13.0. The molecule has 1 unspecified atom stereocenters. The Balaban J connectivity index is 2.40. The zero-order valence-electron chi connectivity index (χ0n) is 12.2. The first-order chi connectivity index (χ1) is 10.8. The Morgan fingerprint density at radius 3 is 2.57 bits per heavy atom. The lowest BCUT2D eigenvalue weighted by Gasteiger charge is -2.21. The predicted octanol–water partition coefficient (Wildman–Crippen LogP) is 0.294. The Bertz CT molecular complexity index is 815. The number of hydrogen-bond acceptors (Lipinski definition) is 6. The van der Waals surface area contributed by atoms with E-state index in [0.29, 0.717) is 0 Å². The molecule has 0 aliphatic carbocycles. The Morgan fingerprint density at radius 2 is 1.96 bits per heavy atom. The topological polar surface area (TPSA) is 131 Å². The van der Waals surface area contributed by atoms with Gasteiger partial charge in [-0.1, -0.05) is 12.1 Å². The van der Waals surface area contributed by atoms with Crippen molar-refractivity contribution >= 4 is 39.3 Å². The number of benzene rings is 1. The number of nitrogens with zero attached hydrogens (tertiary/aromatic N) is 1. The number of aliphatic imine (C=N–C) groups is 1. The third-order valence-corrected chi connectivity index (χ3v) is 4.70. The van der Waals surface area contributed by atoms with Gasteiger partial charge in [-0.3, -0.25) is 14.8 Å². The molecule has 0 bridgehead atoms. The Kier molecular flexibility index (Phi) is 4.45. The van der Waals surface area contributed by atoms with Crippen molar-refractivity contribution < 1.29 is 27.5 Å². The average molecular weight is 339 g/mol. The van der Waals surface area contributed by atoms with Gasteiger partial charge in [-0.2, -0.15) is 0 Å². The fourth-order valence-corrected chi connectivity index (χ4v) is 3.49. The minimum absolute atomic E-state index is 0.0135. The van der Waals surface area contributed by atoms with Crippen LogP contribution in [0.5, 0.6) is 0 Å². The summed E-state index contributed by atoms with van der Waals surface area (Å²) < 4.78 is 31.6. The van der Waals surface area contributed by atoms with Gasteiger partial charge in [0.05, 0.1) is 24.1 Å². The molecule has 1 aromatic carbocycles. The Labute approximate surface area is 131 Å². The van der Waals surface area contributed by atoms with E-state index < -0.39 is 33.2 Å². The minimum Gasteiger partial charge on any atom is -0.465 e. The first-order valence-electron chi connectivity index (χ1n) is 6.35. The van der Waals surface area contributed by atoms with E-state index in [1.807, 2.05) is 5.32 Å². The fraction of sp³-hybridized carbons (Fsp3) is 0.231. The average Bonchev–Trinajstić information content (AvgIpc) is 2.45. The van der Waals surface area contributed by atoms with Crippen LogP contribution in [0.2, 0.25) is 0 Å². The molecule has 3 amide bonds. The molecule has 0 aromatic heterocycles. The smallest absolute Gasteiger partial charge is 0.347 e. The molecule has 0 saturated heterocycles. The number of carbonyl (C=O) groups is 3. The summed E-state index contributed by atoms with van der Waals surface area (Å²) in [6.07, 6.45) is 0. The summed E-state index contributed by atoms with van der Waals surface area (Å²) in [5.41, 5.74) is -0.223. The lowest BCUT2D eigenvalue weighted by molar-refractivity contribution is -0.118. The summed E-state index contributed by atoms with van der Waals surface area (Å²) >= 11 is 0. The number of amides is 3. The standard InChI is InChI=1S/C13H13N3O6S/c1-7-10(11(17)15-13(19)14-7)23(20,21)16-9-6-4-3-5-8(9)12(18)22-2/h3-6,10,16H,1-2H3,(H,15,17,19). The summed E-state index contributed by atoms with van der Waals surface area (Å²) in [5, 5.41) is 0.149. The lowest BCUT2D eigenvalue weighted by Crippen LogP contribution is -2.51. The molecule has 0 radical (unpaired) electrons. The van der Waals surface area contributed by atoms with Gasteiger partial charge in [-0.25, -0.2) is 23.0 Å². The molecule has 1 atom stereocenters. The summed E-state index contributed by atoms with van der Waals surface area (Å²) in [4.78, 5) is 38.0.